The number of nitrogens with one attached hydrogen (secondary N) is 2. The lowest BCUT2D eigenvalue weighted by atomic mass is 9.99. The van der Waals surface area contributed by atoms with E-state index >= 15 is 0 Å². The van der Waals surface area contributed by atoms with Crippen LogP contribution in [0.25, 0.3) is 11.1 Å². The van der Waals surface area contributed by atoms with E-state index in [1.807, 2.05) is 49.4 Å². The average Bonchev–Trinajstić information content (AvgIpc) is 2.81. The van der Waals surface area contributed by atoms with E-state index in [1.165, 1.54) is 18.5 Å². The lowest BCUT2D eigenvalue weighted by Crippen LogP contribution is -2.33. The monoisotopic (exact) mass is 413 g/mol. The molecule has 3 aromatic rings. The molecule has 0 aliphatic carbocycles. The predicted octanol–water partition coefficient (Wildman–Crippen LogP) is 6.03. The minimum atomic E-state index is -0.356. The number of nitrogens with zero attached hydrogens (tertiary/aromatic N) is 1. The van der Waals surface area contributed by atoms with Gasteiger partial charge in [-0.05, 0) is 61.6 Å². The topological polar surface area (TPSA) is 44.4 Å². The Balaban J connectivity index is 1.38. The molecule has 0 bridgehead atoms. The lowest BCUT2D eigenvalue weighted by Gasteiger charge is -2.32. The molecule has 31 heavy (non-hydrogen) atoms. The van der Waals surface area contributed by atoms with Crippen molar-refractivity contribution in [2.24, 2.45) is 5.92 Å². The molecule has 4 nitrogen and oxygen atoms in total. The Morgan fingerprint density at radius 3 is 2.26 bits per heavy atom. The molecule has 1 aliphatic heterocycles. The van der Waals surface area contributed by atoms with Crippen molar-refractivity contribution >= 4 is 23.0 Å². The summed E-state index contributed by atoms with van der Waals surface area (Å²) in [5.74, 6) is 0.765. The van der Waals surface area contributed by atoms with Crippen LogP contribution in [-0.4, -0.2) is 25.0 Å². The van der Waals surface area contributed by atoms with Gasteiger partial charge in [-0.15, -0.1) is 0 Å². The van der Waals surface area contributed by atoms with Gasteiger partial charge in [-0.1, -0.05) is 55.5 Å². The second-order valence-corrected chi connectivity index (χ2v) is 8.48. The van der Waals surface area contributed by atoms with E-state index in [0.717, 1.165) is 41.5 Å². The summed E-state index contributed by atoms with van der Waals surface area (Å²) in [6, 6.07) is 26.1. The van der Waals surface area contributed by atoms with E-state index in [1.54, 1.807) is 0 Å². The highest BCUT2D eigenvalue weighted by Crippen LogP contribution is 2.28. The Morgan fingerprint density at radius 1 is 0.903 bits per heavy atom. The van der Waals surface area contributed by atoms with E-state index in [9.17, 15) is 4.79 Å². The van der Waals surface area contributed by atoms with Gasteiger partial charge in [-0.2, -0.15) is 0 Å². The van der Waals surface area contributed by atoms with Crippen LogP contribution in [0.5, 0.6) is 0 Å². The Labute approximate surface area is 185 Å². The molecule has 0 spiro atoms. The van der Waals surface area contributed by atoms with Crippen molar-refractivity contribution in [3.05, 3.63) is 78.9 Å². The molecule has 2 N–H and O–H groups in total. The summed E-state index contributed by atoms with van der Waals surface area (Å²) in [6.07, 6.45) is 2.50. The molecule has 1 heterocycles. The highest BCUT2D eigenvalue weighted by atomic mass is 16.2. The number of carbonyl (C=O) groups is 1. The third-order valence-corrected chi connectivity index (χ3v) is 6.06. The smallest absolute Gasteiger partial charge is 0.246 e. The summed E-state index contributed by atoms with van der Waals surface area (Å²) in [5.41, 5.74) is 5.13. The molecule has 0 saturated carbocycles. The first-order valence-electron chi connectivity index (χ1n) is 11.2. The molecule has 4 heteroatoms. The molecular weight excluding hydrogens is 382 g/mol. The predicted molar refractivity (Wildman–Crippen MR) is 131 cm³/mol. The van der Waals surface area contributed by atoms with Crippen LogP contribution in [0.1, 0.15) is 26.7 Å². The molecule has 1 fully saturated rings. The molecule has 4 rings (SSSR count). The van der Waals surface area contributed by atoms with Crippen LogP contribution in [0.2, 0.25) is 0 Å². The molecular formula is C27H31N3O. The van der Waals surface area contributed by atoms with Crippen molar-refractivity contribution in [2.45, 2.75) is 32.7 Å². The van der Waals surface area contributed by atoms with Gasteiger partial charge in [-0.25, -0.2) is 0 Å². The number of para-hydroxylation sites is 1. The van der Waals surface area contributed by atoms with Gasteiger partial charge in [-0.3, -0.25) is 4.79 Å². The molecule has 1 unspecified atom stereocenters. The number of hydrogen-bond donors (Lipinski definition) is 2. The normalized spacial score (nSPS) is 15.4. The minimum Gasteiger partial charge on any atom is -0.374 e. The molecule has 1 aliphatic rings. The highest BCUT2D eigenvalue weighted by Gasteiger charge is 2.17. The molecule has 1 saturated heterocycles. The summed E-state index contributed by atoms with van der Waals surface area (Å²) in [6.45, 7) is 6.45. The third-order valence-electron chi connectivity index (χ3n) is 6.06. The van der Waals surface area contributed by atoms with Crippen LogP contribution in [0.3, 0.4) is 0 Å². The van der Waals surface area contributed by atoms with Gasteiger partial charge in [0, 0.05) is 35.7 Å². The van der Waals surface area contributed by atoms with Crippen LogP contribution in [0, 0.1) is 5.92 Å². The van der Waals surface area contributed by atoms with Crippen molar-refractivity contribution < 1.29 is 4.79 Å². The van der Waals surface area contributed by atoms with E-state index in [2.05, 4.69) is 58.9 Å². The number of hydrogen-bond acceptors (Lipinski definition) is 3. The summed E-state index contributed by atoms with van der Waals surface area (Å²) in [5, 5.41) is 6.41. The number of carbonyl (C=O) groups excluding carboxylic acids is 1. The first-order chi connectivity index (χ1) is 15.1. The van der Waals surface area contributed by atoms with Gasteiger partial charge in [0.1, 0.15) is 6.04 Å². The fraction of sp³-hybridized carbons (Fsp3) is 0.296. The van der Waals surface area contributed by atoms with Gasteiger partial charge in [0.15, 0.2) is 0 Å². The van der Waals surface area contributed by atoms with Gasteiger partial charge in [0.2, 0.25) is 5.91 Å². The second kappa shape index (κ2) is 9.69. The zero-order valence-corrected chi connectivity index (χ0v) is 18.3. The van der Waals surface area contributed by atoms with Crippen LogP contribution in [0.15, 0.2) is 78.9 Å². The zero-order valence-electron chi connectivity index (χ0n) is 18.3. The number of benzene rings is 3. The standard InChI is InChI=1S/C27H31N3O/c1-20-16-18-30(19-17-20)24-14-12-23(13-15-24)28-21(2)27(31)29-26-11-7-6-10-25(26)22-8-4-3-5-9-22/h3-15,20-21,28H,16-19H2,1-2H3,(H,29,31). The van der Waals surface area contributed by atoms with Crippen LogP contribution in [0.4, 0.5) is 17.1 Å². The summed E-state index contributed by atoms with van der Waals surface area (Å²) >= 11 is 0. The van der Waals surface area contributed by atoms with Crippen molar-refractivity contribution in [3.8, 4) is 11.1 Å². The largest absolute Gasteiger partial charge is 0.374 e. The quantitative estimate of drug-likeness (QED) is 0.519. The summed E-state index contributed by atoms with van der Waals surface area (Å²) in [7, 11) is 0. The number of amides is 1. The Morgan fingerprint density at radius 2 is 1.55 bits per heavy atom. The minimum absolute atomic E-state index is 0.0579. The van der Waals surface area contributed by atoms with Crippen molar-refractivity contribution in [1.29, 1.82) is 0 Å². The molecule has 0 radical (unpaired) electrons. The van der Waals surface area contributed by atoms with Gasteiger partial charge < -0.3 is 15.5 Å². The second-order valence-electron chi connectivity index (χ2n) is 8.48. The molecule has 3 aromatic carbocycles. The van der Waals surface area contributed by atoms with Gasteiger partial charge in [0.25, 0.3) is 0 Å². The molecule has 1 atom stereocenters. The van der Waals surface area contributed by atoms with E-state index < -0.39 is 0 Å². The summed E-state index contributed by atoms with van der Waals surface area (Å²) in [4.78, 5) is 15.3. The van der Waals surface area contributed by atoms with E-state index in [4.69, 9.17) is 0 Å². The van der Waals surface area contributed by atoms with Crippen molar-refractivity contribution in [3.63, 3.8) is 0 Å². The van der Waals surface area contributed by atoms with Crippen molar-refractivity contribution in [2.75, 3.05) is 28.6 Å². The maximum absolute atomic E-state index is 12.9. The fourth-order valence-corrected chi connectivity index (χ4v) is 4.05. The average molecular weight is 414 g/mol. The number of anilines is 3. The molecule has 160 valence electrons. The van der Waals surface area contributed by atoms with Gasteiger partial charge >= 0.3 is 0 Å². The van der Waals surface area contributed by atoms with Gasteiger partial charge in [0.05, 0.1) is 0 Å². The SMILES string of the molecule is CC1CCN(c2ccc(NC(C)C(=O)Nc3ccccc3-c3ccccc3)cc2)CC1. The Bertz CT molecular complexity index is 993. The maximum atomic E-state index is 12.9. The Kier molecular flexibility index (Phi) is 6.56. The Hall–Kier alpha value is -3.27. The first-order valence-corrected chi connectivity index (χ1v) is 11.2. The van der Waals surface area contributed by atoms with Crippen LogP contribution in [-0.2, 0) is 4.79 Å². The lowest BCUT2D eigenvalue weighted by molar-refractivity contribution is -0.116. The van der Waals surface area contributed by atoms with Crippen LogP contribution >= 0.6 is 0 Å². The summed E-state index contributed by atoms with van der Waals surface area (Å²) < 4.78 is 0. The zero-order chi connectivity index (χ0) is 21.6. The third kappa shape index (κ3) is 5.26. The fourth-order valence-electron chi connectivity index (χ4n) is 4.05. The maximum Gasteiger partial charge on any atom is 0.246 e. The van der Waals surface area contributed by atoms with E-state index in [0.29, 0.717) is 0 Å². The molecule has 0 aromatic heterocycles. The van der Waals surface area contributed by atoms with Crippen LogP contribution < -0.4 is 15.5 Å². The first kappa shape index (κ1) is 21.0. The van der Waals surface area contributed by atoms with Crippen molar-refractivity contribution in [1.82, 2.24) is 0 Å². The number of rotatable bonds is 6. The highest BCUT2D eigenvalue weighted by molar-refractivity contribution is 5.99. The van der Waals surface area contributed by atoms with E-state index in [-0.39, 0.29) is 11.9 Å². The number of piperidine rings is 1. The molecule has 1 amide bonds.